The molecule has 196 valence electrons. The van der Waals surface area contributed by atoms with Crippen LogP contribution in [0.4, 0.5) is 23.7 Å². The average Bonchev–Trinajstić information content (AvgIpc) is 3.57. The van der Waals surface area contributed by atoms with E-state index in [-0.39, 0.29) is 24.4 Å². The molecule has 2 aromatic carbocycles. The van der Waals surface area contributed by atoms with Crippen molar-refractivity contribution in [3.05, 3.63) is 77.6 Å². The van der Waals surface area contributed by atoms with Crippen molar-refractivity contribution < 1.29 is 27.4 Å². The fourth-order valence-corrected chi connectivity index (χ4v) is 4.71. The Morgan fingerprint density at radius 1 is 1.08 bits per heavy atom. The number of anilines is 1. The molecule has 0 saturated carbocycles. The molecule has 0 bridgehead atoms. The molecule has 37 heavy (non-hydrogen) atoms. The molecular weight excluding hydrogens is 489 g/mol. The highest BCUT2D eigenvalue weighted by molar-refractivity contribution is 5.89. The lowest BCUT2D eigenvalue weighted by Gasteiger charge is -2.18. The number of hydrogen-bond acceptors (Lipinski definition) is 6. The third-order valence-corrected chi connectivity index (χ3v) is 6.42. The van der Waals surface area contributed by atoms with Crippen molar-refractivity contribution in [1.82, 2.24) is 25.2 Å². The van der Waals surface area contributed by atoms with Crippen LogP contribution in [0.1, 0.15) is 22.9 Å². The molecule has 1 aromatic heterocycles. The summed E-state index contributed by atoms with van der Waals surface area (Å²) in [6, 6.07) is 13.3. The number of aromatic nitrogens is 3. The highest BCUT2D eigenvalue weighted by Gasteiger charge is 2.49. The topological polar surface area (TPSA) is 93.5 Å². The number of urea groups is 1. The van der Waals surface area contributed by atoms with Gasteiger partial charge in [0.25, 0.3) is 0 Å². The highest BCUT2D eigenvalue weighted by Crippen LogP contribution is 2.34. The normalized spacial score (nSPS) is 23.3. The zero-order valence-electron chi connectivity index (χ0n) is 20.1. The van der Waals surface area contributed by atoms with E-state index in [0.29, 0.717) is 13.2 Å². The number of hydrogen-bond donors (Lipinski definition) is 2. The van der Waals surface area contributed by atoms with Crippen molar-refractivity contribution >= 4 is 11.7 Å². The van der Waals surface area contributed by atoms with Crippen LogP contribution >= 0.6 is 0 Å². The Bertz CT molecular complexity index is 1220. The predicted molar refractivity (Wildman–Crippen MR) is 128 cm³/mol. The number of alkyl halides is 3. The van der Waals surface area contributed by atoms with E-state index in [4.69, 9.17) is 9.47 Å². The van der Waals surface area contributed by atoms with Gasteiger partial charge >= 0.3 is 12.2 Å². The summed E-state index contributed by atoms with van der Waals surface area (Å²) in [5.74, 6) is 0. The van der Waals surface area contributed by atoms with Crippen LogP contribution in [-0.2, 0) is 28.7 Å². The van der Waals surface area contributed by atoms with Gasteiger partial charge in [0.15, 0.2) is 0 Å². The summed E-state index contributed by atoms with van der Waals surface area (Å²) >= 11 is 0. The summed E-state index contributed by atoms with van der Waals surface area (Å²) in [5.41, 5.74) is 1.23. The SMILES string of the molecule is CN(Cc1ccccc1)Cc1cn([C@H]2CO[C@H]3[C@@H]2OC[C@@H]3NC(=O)Nc2cccc(C(F)(F)F)c2)nn1. The molecule has 5 rings (SSSR count). The maximum absolute atomic E-state index is 12.9. The van der Waals surface area contributed by atoms with E-state index >= 15 is 0 Å². The third kappa shape index (κ3) is 5.92. The lowest BCUT2D eigenvalue weighted by Crippen LogP contribution is -2.45. The Morgan fingerprint density at radius 2 is 1.86 bits per heavy atom. The van der Waals surface area contributed by atoms with Gasteiger partial charge in [-0.05, 0) is 30.8 Å². The number of amides is 2. The van der Waals surface area contributed by atoms with Gasteiger partial charge in [-0.25, -0.2) is 9.48 Å². The lowest BCUT2D eigenvalue weighted by molar-refractivity contribution is -0.137. The molecule has 2 amide bonds. The number of ether oxygens (including phenoxy) is 2. The van der Waals surface area contributed by atoms with Gasteiger partial charge in [0.05, 0.1) is 36.7 Å². The van der Waals surface area contributed by atoms with E-state index in [1.165, 1.54) is 17.7 Å². The number of nitrogens with one attached hydrogen (secondary N) is 2. The van der Waals surface area contributed by atoms with Crippen molar-refractivity contribution in [2.24, 2.45) is 0 Å². The molecule has 2 aliphatic rings. The van der Waals surface area contributed by atoms with Gasteiger partial charge < -0.3 is 20.1 Å². The molecule has 2 saturated heterocycles. The fourth-order valence-electron chi connectivity index (χ4n) is 4.71. The monoisotopic (exact) mass is 516 g/mol. The summed E-state index contributed by atoms with van der Waals surface area (Å²) < 4.78 is 52.4. The number of nitrogens with zero attached hydrogens (tertiary/aromatic N) is 4. The molecule has 3 aromatic rings. The minimum Gasteiger partial charge on any atom is -0.371 e. The summed E-state index contributed by atoms with van der Waals surface area (Å²) in [6.45, 7) is 1.95. The zero-order valence-corrected chi connectivity index (χ0v) is 20.1. The molecule has 2 N–H and O–H groups in total. The van der Waals surface area contributed by atoms with Crippen LogP contribution in [0.3, 0.4) is 0 Å². The largest absolute Gasteiger partial charge is 0.416 e. The first-order chi connectivity index (χ1) is 17.8. The van der Waals surface area contributed by atoms with Crippen LogP contribution in [-0.4, -0.2) is 64.4 Å². The number of halogens is 3. The van der Waals surface area contributed by atoms with Gasteiger partial charge in [0.2, 0.25) is 0 Å². The second-order valence-corrected chi connectivity index (χ2v) is 9.29. The summed E-state index contributed by atoms with van der Waals surface area (Å²) in [7, 11) is 2.02. The molecule has 0 aliphatic carbocycles. The Labute approximate surface area is 211 Å². The van der Waals surface area contributed by atoms with E-state index in [2.05, 4.69) is 38.0 Å². The smallest absolute Gasteiger partial charge is 0.371 e. The van der Waals surface area contributed by atoms with Crippen LogP contribution in [0, 0.1) is 0 Å². The fraction of sp³-hybridized carbons (Fsp3) is 0.400. The van der Waals surface area contributed by atoms with E-state index < -0.39 is 29.9 Å². The van der Waals surface area contributed by atoms with Crippen LogP contribution < -0.4 is 10.6 Å². The van der Waals surface area contributed by atoms with E-state index in [1.807, 2.05) is 31.4 Å². The molecule has 12 heteroatoms. The van der Waals surface area contributed by atoms with Crippen molar-refractivity contribution in [3.63, 3.8) is 0 Å². The van der Waals surface area contributed by atoms with E-state index in [9.17, 15) is 18.0 Å². The van der Waals surface area contributed by atoms with Gasteiger partial charge in [-0.15, -0.1) is 5.10 Å². The first-order valence-electron chi connectivity index (χ1n) is 11.9. The number of benzene rings is 2. The Kier molecular flexibility index (Phi) is 7.13. The van der Waals surface area contributed by atoms with Gasteiger partial charge in [-0.1, -0.05) is 41.6 Å². The second-order valence-electron chi connectivity index (χ2n) is 9.29. The Balaban J connectivity index is 1.15. The predicted octanol–water partition coefficient (Wildman–Crippen LogP) is 3.46. The van der Waals surface area contributed by atoms with Crippen molar-refractivity contribution in [1.29, 1.82) is 0 Å². The minimum absolute atomic E-state index is 0.0420. The van der Waals surface area contributed by atoms with Crippen LogP contribution in [0.2, 0.25) is 0 Å². The summed E-state index contributed by atoms with van der Waals surface area (Å²) in [6.07, 6.45) is -3.37. The zero-order chi connectivity index (χ0) is 26.0. The standard InChI is InChI=1S/C25H27F3N6O3/c1-33(11-16-6-3-2-4-7-16)12-19-13-34(32-31-19)21-15-37-22-20(14-36-23(21)22)30-24(35)29-18-9-5-8-17(10-18)25(26,27)28/h2-10,13,20-23H,11-12,14-15H2,1H3,(H2,29,30,35)/t20-,21-,22+,23+/m0/s1. The molecule has 2 fully saturated rings. The number of carbonyl (C=O) groups is 1. The quantitative estimate of drug-likeness (QED) is 0.500. The van der Waals surface area contributed by atoms with Crippen LogP contribution in [0.25, 0.3) is 0 Å². The average molecular weight is 517 g/mol. The van der Waals surface area contributed by atoms with E-state index in [0.717, 1.165) is 24.4 Å². The number of fused-ring (bicyclic) bond motifs is 1. The molecule has 0 spiro atoms. The van der Waals surface area contributed by atoms with E-state index in [1.54, 1.807) is 4.68 Å². The molecule has 9 nitrogen and oxygen atoms in total. The van der Waals surface area contributed by atoms with Gasteiger partial charge in [-0.2, -0.15) is 13.2 Å². The minimum atomic E-state index is -4.49. The van der Waals surface area contributed by atoms with Crippen molar-refractivity contribution in [3.8, 4) is 0 Å². The maximum Gasteiger partial charge on any atom is 0.416 e. The number of rotatable bonds is 7. The highest BCUT2D eigenvalue weighted by atomic mass is 19.4. The first-order valence-corrected chi connectivity index (χ1v) is 11.9. The van der Waals surface area contributed by atoms with Gasteiger partial charge in [-0.3, -0.25) is 4.90 Å². The first kappa shape index (κ1) is 25.2. The van der Waals surface area contributed by atoms with Crippen LogP contribution in [0.5, 0.6) is 0 Å². The Hall–Kier alpha value is -3.48. The number of carbonyl (C=O) groups excluding carboxylic acids is 1. The molecule has 4 atom stereocenters. The second kappa shape index (κ2) is 10.5. The summed E-state index contributed by atoms with van der Waals surface area (Å²) in [4.78, 5) is 14.6. The third-order valence-electron chi connectivity index (χ3n) is 6.42. The molecule has 2 aliphatic heterocycles. The molecule has 3 heterocycles. The maximum atomic E-state index is 12.9. The van der Waals surface area contributed by atoms with Gasteiger partial charge in [0.1, 0.15) is 18.2 Å². The lowest BCUT2D eigenvalue weighted by atomic mass is 10.1. The summed E-state index contributed by atoms with van der Waals surface area (Å²) in [5, 5.41) is 13.8. The van der Waals surface area contributed by atoms with Crippen molar-refractivity contribution in [2.45, 2.75) is 43.6 Å². The molecule has 0 unspecified atom stereocenters. The van der Waals surface area contributed by atoms with Crippen molar-refractivity contribution in [2.75, 3.05) is 25.6 Å². The Morgan fingerprint density at radius 3 is 2.65 bits per heavy atom. The molecule has 0 radical (unpaired) electrons. The van der Waals surface area contributed by atoms with Gasteiger partial charge in [0, 0.05) is 18.8 Å². The van der Waals surface area contributed by atoms with Crippen LogP contribution in [0.15, 0.2) is 60.8 Å². The molecular formula is C25H27F3N6O3.